The number of amides is 5. The third-order valence-electron chi connectivity index (χ3n) is 14.9. The molecule has 23 nitrogen and oxygen atoms in total. The Morgan fingerprint density at radius 2 is 0.953 bits per heavy atom. The van der Waals surface area contributed by atoms with Crippen LogP contribution in [0.3, 0.4) is 0 Å². The third kappa shape index (κ3) is 16.6. The molecule has 4 aliphatic heterocycles. The van der Waals surface area contributed by atoms with Crippen molar-refractivity contribution in [3.63, 3.8) is 0 Å². The molecule has 4 saturated heterocycles. The smallest absolute Gasteiger partial charge is 0.335 e. The minimum Gasteiger partial charge on any atom is -0.478 e. The molecule has 12 rings (SSSR count). The molecule has 456 valence electrons. The zero-order valence-electron chi connectivity index (χ0n) is 48.1. The molecule has 0 bridgehead atoms. The van der Waals surface area contributed by atoms with E-state index in [0.29, 0.717) is 72.4 Å². The van der Waals surface area contributed by atoms with Crippen LogP contribution in [0, 0.1) is 0 Å². The Bertz CT molecular complexity index is 3500. The maximum Gasteiger partial charge on any atom is 0.335 e. The number of anilines is 6. The molecule has 4 fully saturated rings. The lowest BCUT2D eigenvalue weighted by Crippen LogP contribution is -2.37. The Balaban J connectivity index is 0.000000213. The first-order valence-electron chi connectivity index (χ1n) is 27.8. The van der Waals surface area contributed by atoms with Crippen LogP contribution in [0.15, 0.2) is 134 Å². The average Bonchev–Trinajstić information content (AvgIpc) is 2.57. The molecule has 0 aliphatic carbocycles. The summed E-state index contributed by atoms with van der Waals surface area (Å²) in [6, 6.07) is 35.9. The molecule has 4 aromatic carbocycles. The number of likely N-dealkylation sites (tertiary alicyclic amines) is 1. The van der Waals surface area contributed by atoms with Gasteiger partial charge in [-0.3, -0.25) is 4.79 Å². The molecule has 2 atom stereocenters. The molecule has 0 spiro atoms. The van der Waals surface area contributed by atoms with Crippen molar-refractivity contribution in [1.82, 2.24) is 49.2 Å². The van der Waals surface area contributed by atoms with Crippen LogP contribution in [-0.2, 0) is 9.47 Å². The van der Waals surface area contributed by atoms with E-state index in [0.717, 1.165) is 85.5 Å². The van der Waals surface area contributed by atoms with Gasteiger partial charge in [0.1, 0.15) is 11.0 Å². The van der Waals surface area contributed by atoms with Gasteiger partial charge in [-0.05, 0) is 169 Å². The average molecular weight is 1210 g/mol. The number of carbonyl (C=O) groups is 4. The molecule has 0 unspecified atom stereocenters. The van der Waals surface area contributed by atoms with E-state index in [1.165, 1.54) is 43.8 Å². The summed E-state index contributed by atoms with van der Waals surface area (Å²) in [6.07, 6.45) is 6.10. The van der Waals surface area contributed by atoms with Crippen molar-refractivity contribution in [2.75, 3.05) is 138 Å². The standard InChI is InChI=1S/C30H34N8O3.C24H22N6O4.C6H14N2.CH4.2H2S/c1-35(2)25-13-15-37(20-25)29(39)22-7-11-24(12-8-22)32-30(40)31-23-9-5-21(6-10-23)27-33-28(36-16-18-41-19-17-36)26-4-3-14-38(26)34-27;31-23(32)17-5-9-19(10-6-17)26-24(33)25-18-7-3-16(4-8-18)21-27-22(29-12-14-34-15-13-29)20-2-1-11-30(20)28-21;1-8(2)6-3-4-7-5-6;;;/h3-12,14,25H,13,15-20H2,1-2H3,(H2,31,32,40);1-11H,12-15H2,(H,31,32)(H2,25,26,33);6-7H,3-5H2,1-2H3;1H4;2*1H2/t25-;;6-;;;/m0.0.../s1. The molecule has 0 radical (unpaired) electrons. The molecule has 5 amide bonds. The molecule has 86 heavy (non-hydrogen) atoms. The number of hydrogen-bond acceptors (Lipinski definition) is 15. The molecule has 8 aromatic rings. The Hall–Kier alpha value is -8.30. The maximum absolute atomic E-state index is 12.9. The van der Waals surface area contributed by atoms with Crippen molar-refractivity contribution in [2.24, 2.45) is 0 Å². The molecule has 0 saturated carbocycles. The number of rotatable bonds is 12. The molecule has 8 heterocycles. The van der Waals surface area contributed by atoms with Crippen LogP contribution in [0.5, 0.6) is 0 Å². The lowest BCUT2D eigenvalue weighted by atomic mass is 10.2. The van der Waals surface area contributed by atoms with Gasteiger partial charge >= 0.3 is 18.0 Å². The van der Waals surface area contributed by atoms with Gasteiger partial charge in [-0.25, -0.2) is 33.4 Å². The van der Waals surface area contributed by atoms with E-state index >= 15 is 0 Å². The fraction of sp³-hybridized carbons (Fsp3) is 0.344. The van der Waals surface area contributed by atoms with Crippen molar-refractivity contribution >= 4 is 96.3 Å². The van der Waals surface area contributed by atoms with E-state index in [1.807, 2.05) is 101 Å². The summed E-state index contributed by atoms with van der Waals surface area (Å²) >= 11 is 0. The van der Waals surface area contributed by atoms with Gasteiger partial charge in [0, 0.05) is 110 Å². The number of morpholine rings is 2. The topological polar surface area (TPSA) is 244 Å². The summed E-state index contributed by atoms with van der Waals surface area (Å²) in [6.45, 7) is 9.64. The molecule has 4 aromatic heterocycles. The van der Waals surface area contributed by atoms with E-state index in [4.69, 9.17) is 24.5 Å². The van der Waals surface area contributed by atoms with Crippen LogP contribution in [0.1, 0.15) is 41.0 Å². The first kappa shape index (κ1) is 65.2. The van der Waals surface area contributed by atoms with Gasteiger partial charge in [0.05, 0.1) is 32.0 Å². The highest BCUT2D eigenvalue weighted by atomic mass is 32.1. The van der Waals surface area contributed by atoms with Gasteiger partial charge in [-0.15, -0.1) is 10.2 Å². The van der Waals surface area contributed by atoms with Gasteiger partial charge in [0.2, 0.25) is 0 Å². The van der Waals surface area contributed by atoms with Crippen LogP contribution in [-0.4, -0.2) is 192 Å². The second-order valence-corrected chi connectivity index (χ2v) is 20.9. The predicted octanol–water partition coefficient (Wildman–Crippen LogP) is 8.00. The Morgan fingerprint density at radius 1 is 0.547 bits per heavy atom. The number of nitrogens with one attached hydrogen (secondary N) is 5. The zero-order chi connectivity index (χ0) is 57.8. The normalized spacial score (nSPS) is 16.4. The predicted molar refractivity (Wildman–Crippen MR) is 348 cm³/mol. The highest BCUT2D eigenvalue weighted by Crippen LogP contribution is 2.28. The lowest BCUT2D eigenvalue weighted by molar-refractivity contribution is 0.0696. The summed E-state index contributed by atoms with van der Waals surface area (Å²) in [5, 5.41) is 32.7. The van der Waals surface area contributed by atoms with Crippen molar-refractivity contribution in [3.05, 3.63) is 145 Å². The number of carbonyl (C=O) groups excluding carboxylic acids is 3. The van der Waals surface area contributed by atoms with Gasteiger partial charge < -0.3 is 65.7 Å². The van der Waals surface area contributed by atoms with Crippen LogP contribution in [0.4, 0.5) is 44.0 Å². The molecular formula is C61H78N16O7S2. The van der Waals surface area contributed by atoms with Gasteiger partial charge in [-0.1, -0.05) is 7.43 Å². The Morgan fingerprint density at radius 3 is 1.31 bits per heavy atom. The molecule has 25 heteroatoms. The summed E-state index contributed by atoms with van der Waals surface area (Å²) in [7, 11) is 8.35. The monoisotopic (exact) mass is 1210 g/mol. The minimum absolute atomic E-state index is 0. The highest BCUT2D eigenvalue weighted by molar-refractivity contribution is 7.59. The fourth-order valence-corrected chi connectivity index (χ4v) is 10.1. The Labute approximate surface area is 514 Å². The molecule has 6 N–H and O–H groups in total. The number of urea groups is 2. The van der Waals surface area contributed by atoms with E-state index in [1.54, 1.807) is 36.4 Å². The summed E-state index contributed by atoms with van der Waals surface area (Å²) < 4.78 is 14.6. The fourth-order valence-electron chi connectivity index (χ4n) is 10.1. The van der Waals surface area contributed by atoms with Crippen LogP contribution >= 0.6 is 27.0 Å². The van der Waals surface area contributed by atoms with Gasteiger partial charge in [-0.2, -0.15) is 27.0 Å². The number of benzene rings is 4. The highest BCUT2D eigenvalue weighted by Gasteiger charge is 2.28. The van der Waals surface area contributed by atoms with E-state index in [9.17, 15) is 19.2 Å². The number of carboxylic acids is 1. The lowest BCUT2D eigenvalue weighted by Gasteiger charge is -2.28. The number of aromatic nitrogens is 6. The second kappa shape index (κ2) is 30.7. The van der Waals surface area contributed by atoms with E-state index < -0.39 is 12.0 Å². The van der Waals surface area contributed by atoms with Crippen molar-refractivity contribution in [3.8, 4) is 22.8 Å². The van der Waals surface area contributed by atoms with Crippen molar-refractivity contribution < 1.29 is 33.8 Å². The number of ether oxygens (including phenoxy) is 2. The quantitative estimate of drug-likeness (QED) is 0.0679. The summed E-state index contributed by atoms with van der Waals surface area (Å²) in [5.41, 5.74) is 6.65. The van der Waals surface area contributed by atoms with Crippen LogP contribution < -0.4 is 36.4 Å². The number of carboxylic acid groups (broad SMARTS) is 1. The van der Waals surface area contributed by atoms with Crippen molar-refractivity contribution in [1.29, 1.82) is 0 Å². The number of hydrogen-bond donors (Lipinski definition) is 6. The Kier molecular flexibility index (Phi) is 23.3. The molecule has 4 aliphatic rings. The first-order valence-corrected chi connectivity index (χ1v) is 27.8. The largest absolute Gasteiger partial charge is 0.478 e. The zero-order valence-corrected chi connectivity index (χ0v) is 50.1. The van der Waals surface area contributed by atoms with Crippen LogP contribution in [0.25, 0.3) is 33.8 Å². The summed E-state index contributed by atoms with van der Waals surface area (Å²) in [5.74, 6) is 1.94. The molecular weight excluding hydrogens is 1130 g/mol. The first-order chi connectivity index (χ1) is 40.3. The SMILES string of the molecule is C.CN(C)[C@H]1CCN(C(=O)c2ccc(NC(=O)Nc3ccc(-c4nc(N5CCOCC5)c5cccn5n4)cc3)cc2)C1.CN(C)[C@H]1CCNC1.O=C(Nc1ccc(C(=O)O)cc1)Nc1ccc(-c2nc(N3CCOCC3)c3cccn3n2)cc1.S.S. The number of aromatic carboxylic acids is 1. The van der Waals surface area contributed by atoms with E-state index in [-0.39, 0.29) is 51.9 Å². The van der Waals surface area contributed by atoms with Crippen LogP contribution in [0.2, 0.25) is 0 Å². The maximum atomic E-state index is 12.9. The van der Waals surface area contributed by atoms with Gasteiger partial charge in [0.25, 0.3) is 5.91 Å². The number of likely N-dealkylation sites (N-methyl/N-ethyl adjacent to an activating group) is 2. The van der Waals surface area contributed by atoms with E-state index in [2.05, 4.69) is 70.5 Å². The third-order valence-corrected chi connectivity index (χ3v) is 14.9. The second-order valence-electron chi connectivity index (χ2n) is 20.9. The van der Waals surface area contributed by atoms with Crippen molar-refractivity contribution in [2.45, 2.75) is 32.4 Å². The minimum atomic E-state index is -1.02. The number of nitrogens with zero attached hydrogens (tertiary/aromatic N) is 11. The van der Waals surface area contributed by atoms with Gasteiger partial charge in [0.15, 0.2) is 23.3 Å². The summed E-state index contributed by atoms with van der Waals surface area (Å²) in [4.78, 5) is 69.2. The number of fused-ring (bicyclic) bond motifs is 2.